The first-order valence-electron chi connectivity index (χ1n) is 10.5. The molecule has 6 heteroatoms. The van der Waals surface area contributed by atoms with E-state index in [1.807, 2.05) is 29.2 Å². The van der Waals surface area contributed by atoms with E-state index in [-0.39, 0.29) is 5.91 Å². The SMILES string of the molecule is Cc1ccccc1CN1CCC2=C(C1)C(=O)N(Cc1ccccc1Cl)C1=NCCN12. The van der Waals surface area contributed by atoms with Crippen LogP contribution in [0.3, 0.4) is 0 Å². The van der Waals surface area contributed by atoms with Crippen molar-refractivity contribution in [3.05, 3.63) is 81.5 Å². The number of guanidine groups is 1. The van der Waals surface area contributed by atoms with Gasteiger partial charge in [0, 0.05) is 43.3 Å². The Hall–Kier alpha value is -2.63. The van der Waals surface area contributed by atoms with Crippen LogP contribution in [0.2, 0.25) is 5.02 Å². The Morgan fingerprint density at radius 3 is 2.57 bits per heavy atom. The standard InChI is InChI=1S/C24H25ClN4O/c1-17-6-2-3-7-18(17)14-27-12-10-22-20(16-27)23(30)29(24-26-11-13-28(22)24)15-19-8-4-5-9-21(19)25/h2-9H,10-16H2,1H3. The predicted molar refractivity (Wildman–Crippen MR) is 119 cm³/mol. The fourth-order valence-corrected chi connectivity index (χ4v) is 4.77. The molecule has 1 amide bonds. The Morgan fingerprint density at radius 1 is 1.00 bits per heavy atom. The van der Waals surface area contributed by atoms with Gasteiger partial charge in [0.1, 0.15) is 0 Å². The summed E-state index contributed by atoms with van der Waals surface area (Å²) in [4.78, 5) is 24.7. The quantitative estimate of drug-likeness (QED) is 0.754. The molecule has 3 aliphatic rings. The Bertz CT molecular complexity index is 1060. The van der Waals surface area contributed by atoms with Crippen LogP contribution in [0.1, 0.15) is 23.1 Å². The van der Waals surface area contributed by atoms with E-state index in [9.17, 15) is 4.79 Å². The fraction of sp³-hybridized carbons (Fsp3) is 0.333. The van der Waals surface area contributed by atoms with E-state index in [0.29, 0.717) is 18.1 Å². The average molecular weight is 421 g/mol. The molecule has 0 saturated heterocycles. The number of halogens is 1. The lowest BCUT2D eigenvalue weighted by Gasteiger charge is -2.42. The van der Waals surface area contributed by atoms with Gasteiger partial charge < -0.3 is 4.90 Å². The van der Waals surface area contributed by atoms with Gasteiger partial charge >= 0.3 is 0 Å². The minimum atomic E-state index is 0.0660. The molecule has 0 radical (unpaired) electrons. The molecule has 154 valence electrons. The van der Waals surface area contributed by atoms with Crippen molar-refractivity contribution in [1.82, 2.24) is 14.7 Å². The Balaban J connectivity index is 1.42. The first-order chi connectivity index (χ1) is 14.6. The zero-order chi connectivity index (χ0) is 20.7. The van der Waals surface area contributed by atoms with Crippen molar-refractivity contribution in [3.63, 3.8) is 0 Å². The summed E-state index contributed by atoms with van der Waals surface area (Å²) in [5.41, 5.74) is 5.62. The van der Waals surface area contributed by atoms with E-state index in [0.717, 1.165) is 55.4 Å². The van der Waals surface area contributed by atoms with E-state index in [4.69, 9.17) is 11.6 Å². The van der Waals surface area contributed by atoms with Gasteiger partial charge in [0.25, 0.3) is 5.91 Å². The van der Waals surface area contributed by atoms with Gasteiger partial charge in [0.05, 0.1) is 18.7 Å². The molecular weight excluding hydrogens is 396 g/mol. The van der Waals surface area contributed by atoms with Crippen molar-refractivity contribution in [3.8, 4) is 0 Å². The number of benzene rings is 2. The van der Waals surface area contributed by atoms with Gasteiger partial charge in [-0.3, -0.25) is 19.6 Å². The summed E-state index contributed by atoms with van der Waals surface area (Å²) < 4.78 is 0. The molecule has 0 spiro atoms. The first kappa shape index (κ1) is 19.3. The minimum absolute atomic E-state index is 0.0660. The molecule has 0 unspecified atom stereocenters. The number of hydrogen-bond donors (Lipinski definition) is 0. The smallest absolute Gasteiger partial charge is 0.259 e. The molecule has 5 nitrogen and oxygen atoms in total. The molecule has 0 fully saturated rings. The second kappa shape index (κ2) is 7.89. The molecule has 3 heterocycles. The van der Waals surface area contributed by atoms with E-state index in [1.54, 1.807) is 0 Å². The number of rotatable bonds is 4. The molecule has 30 heavy (non-hydrogen) atoms. The molecule has 0 saturated carbocycles. The van der Waals surface area contributed by atoms with Gasteiger partial charge in [-0.25, -0.2) is 0 Å². The molecule has 3 aliphatic heterocycles. The molecule has 0 aliphatic carbocycles. The Kier molecular flexibility index (Phi) is 5.09. The summed E-state index contributed by atoms with van der Waals surface area (Å²) in [5, 5.41) is 0.681. The second-order valence-corrected chi connectivity index (χ2v) is 8.54. The van der Waals surface area contributed by atoms with Crippen LogP contribution in [0.25, 0.3) is 0 Å². The maximum absolute atomic E-state index is 13.6. The van der Waals surface area contributed by atoms with Gasteiger partial charge in [-0.05, 0) is 29.7 Å². The Morgan fingerprint density at radius 2 is 1.77 bits per heavy atom. The highest BCUT2D eigenvalue weighted by molar-refractivity contribution is 6.31. The molecule has 2 aromatic rings. The van der Waals surface area contributed by atoms with Gasteiger partial charge in [0.2, 0.25) is 5.96 Å². The third-order valence-electron chi connectivity index (χ3n) is 6.23. The average Bonchev–Trinajstić information content (AvgIpc) is 3.24. The monoisotopic (exact) mass is 420 g/mol. The lowest BCUT2D eigenvalue weighted by molar-refractivity contribution is -0.125. The van der Waals surface area contributed by atoms with Crippen LogP contribution >= 0.6 is 11.6 Å². The number of aryl methyl sites for hydroxylation is 1. The maximum Gasteiger partial charge on any atom is 0.259 e. The second-order valence-electron chi connectivity index (χ2n) is 8.13. The van der Waals surface area contributed by atoms with Crippen molar-refractivity contribution < 1.29 is 4.79 Å². The third-order valence-corrected chi connectivity index (χ3v) is 6.59. The zero-order valence-electron chi connectivity index (χ0n) is 17.1. The van der Waals surface area contributed by atoms with Crippen LogP contribution < -0.4 is 0 Å². The van der Waals surface area contributed by atoms with E-state index in [1.165, 1.54) is 11.1 Å². The summed E-state index contributed by atoms with van der Waals surface area (Å²) in [5.74, 6) is 0.849. The fourth-order valence-electron chi connectivity index (χ4n) is 4.58. The lowest BCUT2D eigenvalue weighted by atomic mass is 9.99. The number of nitrogens with zero attached hydrogens (tertiary/aromatic N) is 4. The normalized spacial score (nSPS) is 19.1. The molecule has 2 aromatic carbocycles. The minimum Gasteiger partial charge on any atom is -0.314 e. The third kappa shape index (κ3) is 3.42. The highest BCUT2D eigenvalue weighted by Gasteiger charge is 2.41. The van der Waals surface area contributed by atoms with Gasteiger partial charge in [-0.2, -0.15) is 0 Å². The predicted octanol–water partition coefficient (Wildman–Crippen LogP) is 3.82. The zero-order valence-corrected chi connectivity index (χ0v) is 17.9. The molecule has 5 rings (SSSR count). The van der Waals surface area contributed by atoms with Crippen LogP contribution in [0, 0.1) is 6.92 Å². The van der Waals surface area contributed by atoms with Crippen LogP contribution in [0.5, 0.6) is 0 Å². The van der Waals surface area contributed by atoms with Crippen molar-refractivity contribution in [1.29, 1.82) is 0 Å². The molecule has 0 N–H and O–H groups in total. The largest absolute Gasteiger partial charge is 0.314 e. The summed E-state index contributed by atoms with van der Waals surface area (Å²) in [6.07, 6.45) is 0.881. The molecule has 0 bridgehead atoms. The van der Waals surface area contributed by atoms with Gasteiger partial charge in [0.15, 0.2) is 0 Å². The summed E-state index contributed by atoms with van der Waals surface area (Å²) in [7, 11) is 0. The number of hydrogen-bond acceptors (Lipinski definition) is 4. The molecule has 0 aromatic heterocycles. The van der Waals surface area contributed by atoms with Crippen molar-refractivity contribution in [2.75, 3.05) is 26.2 Å². The van der Waals surface area contributed by atoms with Crippen LogP contribution in [-0.4, -0.2) is 52.7 Å². The van der Waals surface area contributed by atoms with E-state index in [2.05, 4.69) is 46.0 Å². The first-order valence-corrected chi connectivity index (χ1v) is 10.9. The summed E-state index contributed by atoms with van der Waals surface area (Å²) in [6.45, 7) is 6.66. The summed E-state index contributed by atoms with van der Waals surface area (Å²) in [6, 6.07) is 16.2. The highest BCUT2D eigenvalue weighted by atomic mass is 35.5. The molecule has 0 atom stereocenters. The number of aliphatic imine (C=N–C) groups is 1. The van der Waals surface area contributed by atoms with Gasteiger partial charge in [-0.1, -0.05) is 54.1 Å². The van der Waals surface area contributed by atoms with Crippen LogP contribution in [-0.2, 0) is 17.9 Å². The topological polar surface area (TPSA) is 39.2 Å². The van der Waals surface area contributed by atoms with Gasteiger partial charge in [-0.15, -0.1) is 0 Å². The summed E-state index contributed by atoms with van der Waals surface area (Å²) >= 11 is 6.39. The highest BCUT2D eigenvalue weighted by Crippen LogP contribution is 2.33. The number of carbonyl (C=O) groups is 1. The van der Waals surface area contributed by atoms with E-state index < -0.39 is 0 Å². The number of carbonyl (C=O) groups excluding carboxylic acids is 1. The van der Waals surface area contributed by atoms with E-state index >= 15 is 0 Å². The maximum atomic E-state index is 13.6. The molecular formula is C24H25ClN4O. The van der Waals surface area contributed by atoms with Crippen molar-refractivity contribution >= 4 is 23.5 Å². The van der Waals surface area contributed by atoms with Crippen LogP contribution in [0.4, 0.5) is 0 Å². The number of fused-ring (bicyclic) bond motifs is 2. The van der Waals surface area contributed by atoms with Crippen molar-refractivity contribution in [2.24, 2.45) is 4.99 Å². The number of amides is 1. The van der Waals surface area contributed by atoms with Crippen molar-refractivity contribution in [2.45, 2.75) is 26.4 Å². The Labute approximate surface area is 182 Å². The van der Waals surface area contributed by atoms with Crippen LogP contribution in [0.15, 0.2) is 64.8 Å². The lowest BCUT2D eigenvalue weighted by Crippen LogP contribution is -2.53.